The molecule has 1 aromatic carbocycles. The Bertz CT molecular complexity index is 1460. The number of benzene rings is 1. The average molecular weight is 522 g/mol. The Morgan fingerprint density at radius 2 is 1.76 bits per heavy atom. The number of nitrogens with zero attached hydrogens (tertiary/aromatic N) is 4. The van der Waals surface area contributed by atoms with E-state index in [9.17, 15) is 23.1 Å². The van der Waals surface area contributed by atoms with E-state index in [-0.39, 0.29) is 11.5 Å². The summed E-state index contributed by atoms with van der Waals surface area (Å²) in [6, 6.07) is 10.1. The Morgan fingerprint density at radius 1 is 1.05 bits per heavy atom. The van der Waals surface area contributed by atoms with Gasteiger partial charge in [0, 0.05) is 53.9 Å². The van der Waals surface area contributed by atoms with Crippen LogP contribution >= 0.6 is 0 Å². The first-order valence-electron chi connectivity index (χ1n) is 12.3. The molecule has 1 atom stereocenters. The number of carbonyl (C=O) groups is 1. The van der Waals surface area contributed by atoms with Crippen LogP contribution in [0, 0.1) is 5.82 Å². The van der Waals surface area contributed by atoms with Gasteiger partial charge in [0.2, 0.25) is 0 Å². The molecule has 4 aromatic rings. The lowest BCUT2D eigenvalue weighted by Gasteiger charge is -2.38. The van der Waals surface area contributed by atoms with Crippen LogP contribution in [0.15, 0.2) is 67.3 Å². The summed E-state index contributed by atoms with van der Waals surface area (Å²) in [7, 11) is 0. The molecule has 0 bridgehead atoms. The second-order valence-corrected chi connectivity index (χ2v) is 9.42. The summed E-state index contributed by atoms with van der Waals surface area (Å²) in [4.78, 5) is 27.2. The number of nitrogens with one attached hydrogen (secondary N) is 1. The summed E-state index contributed by atoms with van der Waals surface area (Å²) in [6.07, 6.45) is 3.95. The number of hydrogen-bond donors (Lipinski definition) is 2. The van der Waals surface area contributed by atoms with Gasteiger partial charge in [-0.25, -0.2) is 13.2 Å². The number of likely N-dealkylation sites (tertiary alicyclic amines) is 1. The summed E-state index contributed by atoms with van der Waals surface area (Å²) in [6.45, 7) is 2.39. The van der Waals surface area contributed by atoms with Crippen LogP contribution < -0.4 is 5.32 Å². The molecule has 5 rings (SSSR count). The van der Waals surface area contributed by atoms with Crippen molar-refractivity contribution in [1.82, 2.24) is 19.9 Å². The van der Waals surface area contributed by atoms with Crippen molar-refractivity contribution in [2.75, 3.05) is 18.4 Å². The summed E-state index contributed by atoms with van der Waals surface area (Å²) < 4.78 is 41.1. The lowest BCUT2D eigenvalue weighted by atomic mass is 9.87. The lowest BCUT2D eigenvalue weighted by molar-refractivity contribution is -0.0243. The predicted octanol–water partition coefficient (Wildman–Crippen LogP) is 5.40. The van der Waals surface area contributed by atoms with E-state index in [1.807, 2.05) is 0 Å². The van der Waals surface area contributed by atoms with Gasteiger partial charge in [-0.2, -0.15) is 0 Å². The van der Waals surface area contributed by atoms with Crippen molar-refractivity contribution in [3.8, 4) is 0 Å². The Morgan fingerprint density at radius 3 is 2.47 bits per heavy atom. The Hall–Kier alpha value is -4.05. The molecular formula is C28H26F3N5O2. The van der Waals surface area contributed by atoms with Crippen LogP contribution in [0.2, 0.25) is 0 Å². The zero-order valence-electron chi connectivity index (χ0n) is 20.6. The van der Waals surface area contributed by atoms with Gasteiger partial charge in [-0.1, -0.05) is 18.2 Å². The van der Waals surface area contributed by atoms with E-state index in [1.54, 1.807) is 60.9 Å². The van der Waals surface area contributed by atoms with E-state index >= 15 is 0 Å². The average Bonchev–Trinajstić information content (AvgIpc) is 2.93. The number of fused-ring (bicyclic) bond motifs is 1. The van der Waals surface area contributed by atoms with E-state index < -0.39 is 29.4 Å². The van der Waals surface area contributed by atoms with Gasteiger partial charge >= 0.3 is 0 Å². The molecule has 10 heteroatoms. The van der Waals surface area contributed by atoms with E-state index in [4.69, 9.17) is 0 Å². The summed E-state index contributed by atoms with van der Waals surface area (Å²) in [5, 5.41) is 15.3. The van der Waals surface area contributed by atoms with Crippen LogP contribution in [-0.4, -0.2) is 44.0 Å². The Labute approximate surface area is 217 Å². The third-order valence-corrected chi connectivity index (χ3v) is 7.04. The van der Waals surface area contributed by atoms with Crippen LogP contribution in [0.3, 0.4) is 0 Å². The zero-order valence-corrected chi connectivity index (χ0v) is 20.6. The number of aromatic nitrogens is 3. The molecule has 1 aliphatic heterocycles. The second kappa shape index (κ2) is 10.4. The van der Waals surface area contributed by atoms with Gasteiger partial charge in [-0.05, 0) is 44.0 Å². The number of piperidine rings is 1. The highest BCUT2D eigenvalue weighted by Crippen LogP contribution is 2.36. The molecule has 1 fully saturated rings. The van der Waals surface area contributed by atoms with E-state index in [0.717, 1.165) is 6.07 Å². The van der Waals surface area contributed by atoms with Crippen LogP contribution in [0.1, 0.15) is 59.4 Å². The summed E-state index contributed by atoms with van der Waals surface area (Å²) in [5.41, 5.74) is 0.365. The number of hydrogen-bond acceptors (Lipinski definition) is 6. The third kappa shape index (κ3) is 4.91. The maximum absolute atomic E-state index is 14.7. The zero-order chi connectivity index (χ0) is 26.9. The fourth-order valence-electron chi connectivity index (χ4n) is 4.82. The number of pyridine rings is 3. The van der Waals surface area contributed by atoms with Crippen molar-refractivity contribution in [3.63, 3.8) is 0 Å². The van der Waals surface area contributed by atoms with Crippen LogP contribution in [0.25, 0.3) is 10.9 Å². The molecule has 3 aromatic heterocycles. The van der Waals surface area contributed by atoms with Crippen molar-refractivity contribution in [2.45, 2.75) is 37.8 Å². The monoisotopic (exact) mass is 521 g/mol. The number of alkyl halides is 2. The molecule has 0 aliphatic carbocycles. The minimum absolute atomic E-state index is 0.117. The standard InChI is InChI=1S/C28H26F3N5O2/c1-17(19-3-2-4-20(25(19)29)26(30)31)35-22-7-12-33-23-16-34-24(15-21(22)23)28(38)8-13-36(14-9-28)27(37)18-5-10-32-11-6-18/h2-7,10-12,15-17,26,38H,8-9,13-14H2,1H3,(H,33,35)/t17-/m1/s1. The molecule has 1 amide bonds. The van der Waals surface area contributed by atoms with Gasteiger partial charge in [0.1, 0.15) is 11.4 Å². The highest BCUT2D eigenvalue weighted by Gasteiger charge is 2.37. The third-order valence-electron chi connectivity index (χ3n) is 7.04. The van der Waals surface area contributed by atoms with Crippen molar-refractivity contribution in [2.24, 2.45) is 0 Å². The van der Waals surface area contributed by atoms with Gasteiger partial charge in [0.25, 0.3) is 12.3 Å². The fourth-order valence-corrected chi connectivity index (χ4v) is 4.82. The molecule has 1 aliphatic rings. The van der Waals surface area contributed by atoms with E-state index in [1.165, 1.54) is 12.1 Å². The molecule has 0 spiro atoms. The van der Waals surface area contributed by atoms with E-state index in [2.05, 4.69) is 20.3 Å². The molecule has 2 N–H and O–H groups in total. The maximum Gasteiger partial charge on any atom is 0.266 e. The Balaban J connectivity index is 1.38. The minimum atomic E-state index is -2.91. The maximum atomic E-state index is 14.7. The first-order valence-corrected chi connectivity index (χ1v) is 12.3. The molecule has 0 radical (unpaired) electrons. The first kappa shape index (κ1) is 25.6. The van der Waals surface area contributed by atoms with Gasteiger partial charge in [0.05, 0.1) is 29.0 Å². The van der Waals surface area contributed by atoms with Crippen LogP contribution in [-0.2, 0) is 5.60 Å². The highest BCUT2D eigenvalue weighted by molar-refractivity contribution is 5.94. The number of carbonyl (C=O) groups excluding carboxylic acids is 1. The number of amides is 1. The predicted molar refractivity (Wildman–Crippen MR) is 136 cm³/mol. The van der Waals surface area contributed by atoms with Crippen molar-refractivity contribution in [1.29, 1.82) is 0 Å². The molecular weight excluding hydrogens is 495 g/mol. The first-order chi connectivity index (χ1) is 18.3. The smallest absolute Gasteiger partial charge is 0.266 e. The van der Waals surface area contributed by atoms with Crippen LogP contribution in [0.5, 0.6) is 0 Å². The molecule has 1 saturated heterocycles. The lowest BCUT2D eigenvalue weighted by Crippen LogP contribution is -2.45. The summed E-state index contributed by atoms with van der Waals surface area (Å²) in [5.74, 6) is -1.06. The van der Waals surface area contributed by atoms with Gasteiger partial charge in [-0.3, -0.25) is 19.7 Å². The fraction of sp³-hybridized carbons (Fsp3) is 0.286. The van der Waals surface area contributed by atoms with Crippen molar-refractivity contribution in [3.05, 3.63) is 95.5 Å². The van der Waals surface area contributed by atoms with Gasteiger partial charge in [-0.15, -0.1) is 0 Å². The SMILES string of the molecule is C[C@@H](Nc1ccnc2cnc(C3(O)CCN(C(=O)c4ccncc4)CC3)cc12)c1cccc(C(F)F)c1F. The number of anilines is 1. The number of rotatable bonds is 6. The highest BCUT2D eigenvalue weighted by atomic mass is 19.3. The van der Waals surface area contributed by atoms with Crippen LogP contribution in [0.4, 0.5) is 18.9 Å². The minimum Gasteiger partial charge on any atom is -0.383 e. The molecule has 196 valence electrons. The number of aliphatic hydroxyl groups is 1. The van der Waals surface area contributed by atoms with E-state index in [0.29, 0.717) is 53.8 Å². The normalized spacial score (nSPS) is 16.0. The van der Waals surface area contributed by atoms with Crippen molar-refractivity contribution >= 4 is 22.5 Å². The molecule has 4 heterocycles. The van der Waals surface area contributed by atoms with Gasteiger partial charge < -0.3 is 15.3 Å². The molecule has 0 unspecified atom stereocenters. The van der Waals surface area contributed by atoms with Crippen molar-refractivity contribution < 1.29 is 23.1 Å². The molecule has 38 heavy (non-hydrogen) atoms. The second-order valence-electron chi connectivity index (χ2n) is 9.42. The Kier molecular flexibility index (Phi) is 6.98. The largest absolute Gasteiger partial charge is 0.383 e. The number of halogens is 3. The summed E-state index contributed by atoms with van der Waals surface area (Å²) >= 11 is 0. The molecule has 0 saturated carbocycles. The van der Waals surface area contributed by atoms with Gasteiger partial charge in [0.15, 0.2) is 0 Å². The quantitative estimate of drug-likeness (QED) is 0.353. The topological polar surface area (TPSA) is 91.2 Å². The molecule has 7 nitrogen and oxygen atoms in total.